The van der Waals surface area contributed by atoms with Crippen molar-refractivity contribution < 1.29 is 9.52 Å². The van der Waals surface area contributed by atoms with Gasteiger partial charge in [0.1, 0.15) is 5.52 Å². The average molecular weight is 235 g/mol. The van der Waals surface area contributed by atoms with E-state index in [1.165, 1.54) is 0 Å². The van der Waals surface area contributed by atoms with Crippen LogP contribution in [-0.2, 0) is 6.54 Å². The number of nitrogens with zero attached hydrogens (tertiary/aromatic N) is 2. The summed E-state index contributed by atoms with van der Waals surface area (Å²) in [4.78, 5) is 6.44. The highest BCUT2D eigenvalue weighted by Gasteiger charge is 2.09. The first kappa shape index (κ1) is 11.9. The third-order valence-electron chi connectivity index (χ3n) is 2.68. The molecule has 92 valence electrons. The molecule has 5 nitrogen and oxygen atoms in total. The summed E-state index contributed by atoms with van der Waals surface area (Å²) in [6.07, 6.45) is 0. The lowest BCUT2D eigenvalue weighted by atomic mass is 10.3. The Morgan fingerprint density at radius 1 is 1.47 bits per heavy atom. The summed E-state index contributed by atoms with van der Waals surface area (Å²) in [7, 11) is 0. The van der Waals surface area contributed by atoms with E-state index in [-0.39, 0.29) is 6.61 Å². The van der Waals surface area contributed by atoms with Crippen LogP contribution in [0.2, 0.25) is 0 Å². The fourth-order valence-electron chi connectivity index (χ4n) is 1.74. The Kier molecular flexibility index (Phi) is 3.61. The molecule has 0 unspecified atom stereocenters. The standard InChI is InChI=1S/C12H17N3O2/c1-2-15(5-6-16)8-12-14-10-7-9(13)3-4-11(10)17-12/h3-4,7,16H,2,5-6,8,13H2,1H3. The van der Waals surface area contributed by atoms with E-state index in [0.717, 1.165) is 17.6 Å². The fourth-order valence-corrected chi connectivity index (χ4v) is 1.74. The van der Waals surface area contributed by atoms with Crippen LogP contribution in [0.25, 0.3) is 11.1 Å². The number of oxazole rings is 1. The van der Waals surface area contributed by atoms with Crippen LogP contribution in [0.15, 0.2) is 22.6 Å². The van der Waals surface area contributed by atoms with Gasteiger partial charge in [0.2, 0.25) is 5.89 Å². The maximum absolute atomic E-state index is 8.91. The van der Waals surface area contributed by atoms with Crippen LogP contribution in [0.3, 0.4) is 0 Å². The van der Waals surface area contributed by atoms with Crippen LogP contribution in [-0.4, -0.2) is 34.7 Å². The summed E-state index contributed by atoms with van der Waals surface area (Å²) in [6.45, 7) is 4.25. The van der Waals surface area contributed by atoms with Crippen LogP contribution >= 0.6 is 0 Å². The number of aliphatic hydroxyl groups excluding tert-OH is 1. The number of hydrogen-bond acceptors (Lipinski definition) is 5. The Labute approximate surface area is 99.8 Å². The molecule has 2 rings (SSSR count). The van der Waals surface area contributed by atoms with E-state index in [0.29, 0.717) is 24.7 Å². The highest BCUT2D eigenvalue weighted by Crippen LogP contribution is 2.19. The molecule has 0 spiro atoms. The Hall–Kier alpha value is -1.59. The van der Waals surface area contributed by atoms with Crippen LogP contribution in [0.4, 0.5) is 5.69 Å². The van der Waals surface area contributed by atoms with Crippen LogP contribution in [0, 0.1) is 0 Å². The first-order valence-electron chi connectivity index (χ1n) is 5.71. The van der Waals surface area contributed by atoms with E-state index in [2.05, 4.69) is 9.88 Å². The van der Waals surface area contributed by atoms with Gasteiger partial charge in [-0.1, -0.05) is 6.92 Å². The molecular weight excluding hydrogens is 218 g/mol. The third kappa shape index (κ3) is 2.75. The summed E-state index contributed by atoms with van der Waals surface area (Å²) >= 11 is 0. The van der Waals surface area contributed by atoms with Crippen molar-refractivity contribution in [2.24, 2.45) is 0 Å². The molecule has 0 amide bonds. The van der Waals surface area contributed by atoms with Crippen molar-refractivity contribution in [3.05, 3.63) is 24.1 Å². The number of nitrogens with two attached hydrogens (primary N) is 1. The van der Waals surface area contributed by atoms with Gasteiger partial charge in [-0.05, 0) is 24.7 Å². The van der Waals surface area contributed by atoms with Crippen molar-refractivity contribution in [1.82, 2.24) is 9.88 Å². The molecule has 0 atom stereocenters. The molecule has 0 aliphatic rings. The van der Waals surface area contributed by atoms with E-state index >= 15 is 0 Å². The number of likely N-dealkylation sites (N-methyl/N-ethyl adjacent to an activating group) is 1. The Morgan fingerprint density at radius 3 is 3.00 bits per heavy atom. The van der Waals surface area contributed by atoms with E-state index in [1.807, 2.05) is 13.0 Å². The van der Waals surface area contributed by atoms with Crippen molar-refractivity contribution >= 4 is 16.8 Å². The van der Waals surface area contributed by atoms with Crippen molar-refractivity contribution in [3.8, 4) is 0 Å². The van der Waals surface area contributed by atoms with E-state index in [9.17, 15) is 0 Å². The van der Waals surface area contributed by atoms with Gasteiger partial charge < -0.3 is 15.3 Å². The summed E-state index contributed by atoms with van der Waals surface area (Å²) < 4.78 is 5.61. The second kappa shape index (κ2) is 5.16. The highest BCUT2D eigenvalue weighted by atomic mass is 16.3. The molecule has 3 N–H and O–H groups in total. The molecule has 17 heavy (non-hydrogen) atoms. The molecule has 1 aromatic heterocycles. The predicted octanol–water partition coefficient (Wildman–Crippen LogP) is 1.22. The quantitative estimate of drug-likeness (QED) is 0.762. The van der Waals surface area contributed by atoms with E-state index < -0.39 is 0 Å². The fraction of sp³-hybridized carbons (Fsp3) is 0.417. The molecule has 0 aliphatic heterocycles. The van der Waals surface area contributed by atoms with E-state index in [1.54, 1.807) is 12.1 Å². The summed E-state index contributed by atoms with van der Waals surface area (Å²) in [5.74, 6) is 0.654. The highest BCUT2D eigenvalue weighted by molar-refractivity contribution is 5.76. The number of hydrogen-bond donors (Lipinski definition) is 2. The Bertz CT molecular complexity index is 495. The number of aromatic nitrogens is 1. The summed E-state index contributed by atoms with van der Waals surface area (Å²) in [5.41, 5.74) is 7.89. The third-order valence-corrected chi connectivity index (χ3v) is 2.68. The number of fused-ring (bicyclic) bond motifs is 1. The zero-order valence-corrected chi connectivity index (χ0v) is 9.89. The molecule has 2 aromatic rings. The monoisotopic (exact) mass is 235 g/mol. The number of aliphatic hydroxyl groups is 1. The van der Waals surface area contributed by atoms with Crippen molar-refractivity contribution in [2.75, 3.05) is 25.4 Å². The van der Waals surface area contributed by atoms with Crippen LogP contribution in [0.5, 0.6) is 0 Å². The SMILES string of the molecule is CCN(CCO)Cc1nc2cc(N)ccc2o1. The lowest BCUT2D eigenvalue weighted by molar-refractivity contribution is 0.186. The van der Waals surface area contributed by atoms with E-state index in [4.69, 9.17) is 15.3 Å². The molecule has 1 heterocycles. The van der Waals surface area contributed by atoms with Gasteiger partial charge in [-0.25, -0.2) is 4.98 Å². The molecule has 0 saturated carbocycles. The first-order valence-corrected chi connectivity index (χ1v) is 5.71. The van der Waals surface area contributed by atoms with Gasteiger partial charge in [0.05, 0.1) is 13.2 Å². The van der Waals surface area contributed by atoms with Gasteiger partial charge in [-0.2, -0.15) is 0 Å². The number of rotatable bonds is 5. The largest absolute Gasteiger partial charge is 0.439 e. The lowest BCUT2D eigenvalue weighted by Crippen LogP contribution is -2.26. The molecule has 0 aliphatic carbocycles. The maximum Gasteiger partial charge on any atom is 0.209 e. The molecule has 0 radical (unpaired) electrons. The molecule has 5 heteroatoms. The summed E-state index contributed by atoms with van der Waals surface area (Å²) in [6, 6.07) is 5.41. The molecular formula is C12H17N3O2. The van der Waals surface area contributed by atoms with Crippen molar-refractivity contribution in [1.29, 1.82) is 0 Å². The van der Waals surface area contributed by atoms with Crippen LogP contribution < -0.4 is 5.73 Å². The second-order valence-corrected chi connectivity index (χ2v) is 3.93. The maximum atomic E-state index is 8.91. The Morgan fingerprint density at radius 2 is 2.29 bits per heavy atom. The van der Waals surface area contributed by atoms with Crippen molar-refractivity contribution in [2.45, 2.75) is 13.5 Å². The van der Waals surface area contributed by atoms with Crippen LogP contribution in [0.1, 0.15) is 12.8 Å². The minimum absolute atomic E-state index is 0.140. The molecule has 1 aromatic carbocycles. The topological polar surface area (TPSA) is 75.5 Å². The van der Waals surface area contributed by atoms with Gasteiger partial charge in [0.15, 0.2) is 5.58 Å². The Balaban J connectivity index is 2.18. The smallest absolute Gasteiger partial charge is 0.209 e. The molecule has 0 fully saturated rings. The van der Waals surface area contributed by atoms with Gasteiger partial charge in [0, 0.05) is 12.2 Å². The number of nitrogen functional groups attached to an aromatic ring is 1. The molecule has 0 bridgehead atoms. The minimum Gasteiger partial charge on any atom is -0.439 e. The van der Waals surface area contributed by atoms with Gasteiger partial charge >= 0.3 is 0 Å². The van der Waals surface area contributed by atoms with Gasteiger partial charge in [-0.3, -0.25) is 4.90 Å². The second-order valence-electron chi connectivity index (χ2n) is 3.93. The first-order chi connectivity index (χ1) is 8.22. The number of anilines is 1. The average Bonchev–Trinajstić information content (AvgIpc) is 2.69. The predicted molar refractivity (Wildman–Crippen MR) is 66.5 cm³/mol. The van der Waals surface area contributed by atoms with Gasteiger partial charge in [-0.15, -0.1) is 0 Å². The molecule has 0 saturated heterocycles. The van der Waals surface area contributed by atoms with Crippen molar-refractivity contribution in [3.63, 3.8) is 0 Å². The summed E-state index contributed by atoms with van der Waals surface area (Å²) in [5, 5.41) is 8.91. The zero-order valence-electron chi connectivity index (χ0n) is 9.89. The minimum atomic E-state index is 0.140. The normalized spacial score (nSPS) is 11.5. The number of benzene rings is 1. The lowest BCUT2D eigenvalue weighted by Gasteiger charge is -2.16. The van der Waals surface area contributed by atoms with Gasteiger partial charge in [0.25, 0.3) is 0 Å². The zero-order chi connectivity index (χ0) is 12.3.